The topological polar surface area (TPSA) is 131 Å². The fraction of sp³-hybridized carbons (Fsp3) is 0.156. The largest absolute Gasteiger partial charge is 0.379 e. The van der Waals surface area contributed by atoms with Crippen molar-refractivity contribution < 1.29 is 23.9 Å². The Labute approximate surface area is 320 Å². The van der Waals surface area contributed by atoms with Crippen LogP contribution in [-0.4, -0.2) is 71.1 Å². The van der Waals surface area contributed by atoms with Crippen molar-refractivity contribution in [2.45, 2.75) is 13.3 Å². The Morgan fingerprint density at radius 3 is 1.53 bits per heavy atom. The van der Waals surface area contributed by atoms with Gasteiger partial charge in [-0.15, -0.1) is 0 Å². The minimum atomic E-state index is -0.211. The van der Waals surface area contributed by atoms with Crippen LogP contribution in [0.5, 0.6) is 0 Å². The molecule has 1 aliphatic rings. The molecule has 2 amide bonds. The number of carbonyl (C=O) groups is 4. The Balaban J connectivity index is 0.000000193. The van der Waals surface area contributed by atoms with Crippen molar-refractivity contribution in [3.05, 3.63) is 168 Å². The van der Waals surface area contributed by atoms with Gasteiger partial charge in [-0.05, 0) is 89.8 Å². The molecule has 10 nitrogen and oxygen atoms in total. The number of ketones is 2. The molecule has 0 radical (unpaired) electrons. The van der Waals surface area contributed by atoms with E-state index in [0.717, 1.165) is 55.1 Å². The van der Waals surface area contributed by atoms with E-state index < -0.39 is 0 Å². The van der Waals surface area contributed by atoms with Crippen LogP contribution < -0.4 is 10.6 Å². The van der Waals surface area contributed by atoms with Gasteiger partial charge in [0.2, 0.25) is 0 Å². The summed E-state index contributed by atoms with van der Waals surface area (Å²) in [5, 5.41) is 5.62. The molecule has 2 aromatic heterocycles. The van der Waals surface area contributed by atoms with Gasteiger partial charge in [0.25, 0.3) is 11.8 Å². The van der Waals surface area contributed by atoms with E-state index in [-0.39, 0.29) is 23.4 Å². The number of aromatic nitrogens is 2. The number of nitrogens with zero attached hydrogens (tertiary/aromatic N) is 3. The fourth-order valence-electron chi connectivity index (χ4n) is 5.93. The van der Waals surface area contributed by atoms with Crippen molar-refractivity contribution in [3.8, 4) is 22.3 Å². The average Bonchev–Trinajstić information content (AvgIpc) is 3.24. The van der Waals surface area contributed by atoms with Crippen LogP contribution in [0.25, 0.3) is 22.3 Å². The van der Waals surface area contributed by atoms with Crippen LogP contribution >= 0.6 is 0 Å². The Hall–Kier alpha value is -6.62. The number of Topliss-reactive ketones (excluding diaryl/α,β-unsaturated/α-hetero) is 2. The number of anilines is 2. The predicted molar refractivity (Wildman–Crippen MR) is 214 cm³/mol. The first kappa shape index (κ1) is 38.1. The van der Waals surface area contributed by atoms with Gasteiger partial charge < -0.3 is 15.4 Å². The van der Waals surface area contributed by atoms with E-state index in [4.69, 9.17) is 4.74 Å². The summed E-state index contributed by atoms with van der Waals surface area (Å²) in [6.45, 7) is 5.50. The lowest BCUT2D eigenvalue weighted by molar-refractivity contribution is 0.0370. The number of morpholine rings is 1. The third-order valence-electron chi connectivity index (χ3n) is 8.95. The summed E-state index contributed by atoms with van der Waals surface area (Å²) in [5.41, 5.74) is 6.08. The molecule has 6 aromatic rings. The zero-order chi connectivity index (χ0) is 38.4. The van der Waals surface area contributed by atoms with Gasteiger partial charge in [-0.25, -0.2) is 9.97 Å². The van der Waals surface area contributed by atoms with Crippen LogP contribution in [0, 0.1) is 0 Å². The van der Waals surface area contributed by atoms with E-state index in [1.165, 1.54) is 6.92 Å². The Morgan fingerprint density at radius 1 is 0.564 bits per heavy atom. The number of carbonyl (C=O) groups excluding carboxylic acids is 4. The highest BCUT2D eigenvalue weighted by Crippen LogP contribution is 2.24. The molecule has 3 heterocycles. The summed E-state index contributed by atoms with van der Waals surface area (Å²) in [6.07, 6.45) is 3.78. The molecule has 4 aromatic carbocycles. The Bertz CT molecular complexity index is 2260. The first-order valence-electron chi connectivity index (χ1n) is 18.0. The summed E-state index contributed by atoms with van der Waals surface area (Å²) < 4.78 is 5.36. The molecule has 10 heteroatoms. The predicted octanol–water partition coefficient (Wildman–Crippen LogP) is 8.11. The SMILES string of the molecule is CC(=O)c1cccc(-c2ccnc(NC(=O)c3ccccc3)c2)c1.O=C(CCN1CCOCC1)c1cccc(-c2ccnc(NC(=O)c3ccccc3)c2)c1. The van der Waals surface area contributed by atoms with Crippen molar-refractivity contribution in [1.82, 2.24) is 14.9 Å². The molecule has 0 bridgehead atoms. The average molecular weight is 732 g/mol. The van der Waals surface area contributed by atoms with Gasteiger partial charge in [-0.1, -0.05) is 72.8 Å². The van der Waals surface area contributed by atoms with Crippen LogP contribution in [0.2, 0.25) is 0 Å². The Kier molecular flexibility index (Phi) is 13.1. The van der Waals surface area contributed by atoms with Gasteiger partial charge in [-0.3, -0.25) is 24.1 Å². The second-order valence-corrected chi connectivity index (χ2v) is 12.8. The maximum atomic E-state index is 12.7. The summed E-state index contributed by atoms with van der Waals surface area (Å²) >= 11 is 0. The second-order valence-electron chi connectivity index (χ2n) is 12.8. The van der Waals surface area contributed by atoms with Crippen LogP contribution in [-0.2, 0) is 4.74 Å². The molecular weight excluding hydrogens is 691 g/mol. The molecule has 1 saturated heterocycles. The summed E-state index contributed by atoms with van der Waals surface area (Å²) in [5.74, 6) is 0.656. The first-order chi connectivity index (χ1) is 26.8. The van der Waals surface area contributed by atoms with Crippen LogP contribution in [0.15, 0.2) is 146 Å². The molecule has 1 fully saturated rings. The van der Waals surface area contributed by atoms with Gasteiger partial charge >= 0.3 is 0 Å². The number of benzene rings is 4. The first-order valence-corrected chi connectivity index (χ1v) is 18.0. The smallest absolute Gasteiger partial charge is 0.256 e. The lowest BCUT2D eigenvalue weighted by Gasteiger charge is -2.26. The van der Waals surface area contributed by atoms with Crippen molar-refractivity contribution in [2.75, 3.05) is 43.5 Å². The third kappa shape index (κ3) is 11.0. The summed E-state index contributed by atoms with van der Waals surface area (Å²) in [4.78, 5) is 59.6. The number of hydrogen-bond acceptors (Lipinski definition) is 8. The van der Waals surface area contributed by atoms with E-state index in [1.54, 1.807) is 48.8 Å². The lowest BCUT2D eigenvalue weighted by atomic mass is 10.0. The normalized spacial score (nSPS) is 12.5. The molecule has 0 spiro atoms. The second kappa shape index (κ2) is 18.9. The minimum absolute atomic E-state index is 0.0171. The standard InChI is InChI=1S/C25H25N3O3.C20H16N2O2/c29-23(10-12-28-13-15-31-16-14-28)22-8-4-7-20(17-22)21-9-11-26-24(18-21)27-25(30)19-5-2-1-3-6-19;1-14(23)16-8-5-9-17(12-16)18-10-11-21-19(13-18)22-20(24)15-6-3-2-4-7-15/h1-9,11,17-18H,10,12-16H2,(H,26,27,30);2-13H,1H3,(H,21,22,24). The Morgan fingerprint density at radius 2 is 1.02 bits per heavy atom. The van der Waals surface area contributed by atoms with Gasteiger partial charge in [0.05, 0.1) is 13.2 Å². The fourth-order valence-corrected chi connectivity index (χ4v) is 5.93. The summed E-state index contributed by atoms with van der Waals surface area (Å²) in [6, 6.07) is 40.3. The highest BCUT2D eigenvalue weighted by molar-refractivity contribution is 6.04. The van der Waals surface area contributed by atoms with Crippen LogP contribution in [0.4, 0.5) is 11.6 Å². The van der Waals surface area contributed by atoms with Crippen LogP contribution in [0.3, 0.4) is 0 Å². The number of nitrogens with one attached hydrogen (secondary N) is 2. The molecule has 0 aliphatic carbocycles. The van der Waals surface area contributed by atoms with E-state index in [2.05, 4.69) is 25.5 Å². The molecule has 0 saturated carbocycles. The van der Waals surface area contributed by atoms with Crippen molar-refractivity contribution in [1.29, 1.82) is 0 Å². The number of amides is 2. The zero-order valence-electron chi connectivity index (χ0n) is 30.5. The van der Waals surface area contributed by atoms with E-state index in [1.807, 2.05) is 97.1 Å². The highest BCUT2D eigenvalue weighted by Gasteiger charge is 2.14. The molecule has 0 atom stereocenters. The maximum absolute atomic E-state index is 12.7. The number of ether oxygens (including phenoxy) is 1. The molecule has 1 aliphatic heterocycles. The summed E-state index contributed by atoms with van der Waals surface area (Å²) in [7, 11) is 0. The maximum Gasteiger partial charge on any atom is 0.256 e. The number of rotatable bonds is 11. The lowest BCUT2D eigenvalue weighted by Crippen LogP contribution is -2.37. The van der Waals surface area contributed by atoms with Gasteiger partial charge in [-0.2, -0.15) is 0 Å². The highest BCUT2D eigenvalue weighted by atomic mass is 16.5. The quantitative estimate of drug-likeness (QED) is 0.128. The molecule has 2 N–H and O–H groups in total. The molecule has 55 heavy (non-hydrogen) atoms. The molecule has 0 unspecified atom stereocenters. The van der Waals surface area contributed by atoms with Crippen molar-refractivity contribution in [3.63, 3.8) is 0 Å². The van der Waals surface area contributed by atoms with Gasteiger partial charge in [0.1, 0.15) is 11.6 Å². The van der Waals surface area contributed by atoms with E-state index in [9.17, 15) is 19.2 Å². The third-order valence-corrected chi connectivity index (χ3v) is 8.95. The zero-order valence-corrected chi connectivity index (χ0v) is 30.5. The van der Waals surface area contributed by atoms with Crippen molar-refractivity contribution in [2.24, 2.45) is 0 Å². The minimum Gasteiger partial charge on any atom is -0.379 e. The van der Waals surface area contributed by atoms with E-state index in [0.29, 0.717) is 40.3 Å². The van der Waals surface area contributed by atoms with Crippen LogP contribution in [0.1, 0.15) is 54.8 Å². The number of pyridine rings is 2. The monoisotopic (exact) mass is 731 g/mol. The number of hydrogen-bond donors (Lipinski definition) is 2. The van der Waals surface area contributed by atoms with Crippen molar-refractivity contribution >= 4 is 35.0 Å². The van der Waals surface area contributed by atoms with E-state index >= 15 is 0 Å². The van der Waals surface area contributed by atoms with Gasteiger partial charge in [0, 0.05) is 60.7 Å². The molecule has 7 rings (SSSR count). The molecular formula is C45H41N5O5. The van der Waals surface area contributed by atoms with Gasteiger partial charge in [0.15, 0.2) is 11.6 Å². The molecule has 276 valence electrons.